The van der Waals surface area contributed by atoms with Gasteiger partial charge in [-0.15, -0.1) is 5.10 Å². The van der Waals surface area contributed by atoms with Crippen LogP contribution in [-0.4, -0.2) is 53.0 Å². The first-order valence-electron chi connectivity index (χ1n) is 10.5. The van der Waals surface area contributed by atoms with Crippen molar-refractivity contribution in [1.82, 2.24) is 29.2 Å². The molecule has 1 fully saturated rings. The van der Waals surface area contributed by atoms with Crippen LogP contribution in [0.1, 0.15) is 39.0 Å². The second-order valence-electron chi connectivity index (χ2n) is 8.00. The van der Waals surface area contributed by atoms with Gasteiger partial charge in [0, 0.05) is 37.1 Å². The third-order valence-electron chi connectivity index (χ3n) is 6.19. The van der Waals surface area contributed by atoms with Crippen molar-refractivity contribution in [3.05, 3.63) is 36.8 Å². The van der Waals surface area contributed by atoms with Crippen molar-refractivity contribution in [2.75, 3.05) is 17.7 Å². The summed E-state index contributed by atoms with van der Waals surface area (Å²) in [6, 6.07) is 6.09. The van der Waals surface area contributed by atoms with Gasteiger partial charge in [-0.2, -0.15) is 10.1 Å². The maximum atomic E-state index is 10.5. The van der Waals surface area contributed by atoms with E-state index in [-0.39, 0.29) is 6.04 Å². The highest BCUT2D eigenvalue weighted by Gasteiger charge is 2.31. The molecule has 3 N–H and O–H groups in total. The highest BCUT2D eigenvalue weighted by molar-refractivity contribution is 5.87. The molecular formula is C21H26N8O. The van der Waals surface area contributed by atoms with E-state index in [9.17, 15) is 5.11 Å². The molecule has 0 atom stereocenters. The van der Waals surface area contributed by atoms with Gasteiger partial charge in [-0.1, -0.05) is 6.92 Å². The number of nitrogens with one attached hydrogen (secondary N) is 2. The van der Waals surface area contributed by atoms with Crippen LogP contribution >= 0.6 is 0 Å². The molecule has 30 heavy (non-hydrogen) atoms. The number of aromatic nitrogens is 6. The molecule has 0 saturated heterocycles. The average molecular weight is 406 g/mol. The van der Waals surface area contributed by atoms with Crippen molar-refractivity contribution >= 4 is 22.9 Å². The Bertz CT molecular complexity index is 1190. The Morgan fingerprint density at radius 2 is 1.93 bits per heavy atom. The van der Waals surface area contributed by atoms with Crippen LogP contribution in [0.2, 0.25) is 0 Å². The molecule has 9 nitrogen and oxygen atoms in total. The number of rotatable bonds is 5. The Labute approximate surface area is 174 Å². The van der Waals surface area contributed by atoms with Gasteiger partial charge in [-0.05, 0) is 44.2 Å². The molecule has 0 unspecified atom stereocenters. The molecule has 156 valence electrons. The molecule has 4 aromatic heterocycles. The fraction of sp³-hybridized carbons (Fsp3) is 0.429. The lowest BCUT2D eigenvalue weighted by atomic mass is 9.80. The molecule has 0 bridgehead atoms. The smallest absolute Gasteiger partial charge is 0.243 e. The molecule has 4 aromatic rings. The zero-order valence-electron chi connectivity index (χ0n) is 17.2. The Kier molecular flexibility index (Phi) is 4.54. The first kappa shape index (κ1) is 18.8. The highest BCUT2D eigenvalue weighted by atomic mass is 16.3. The van der Waals surface area contributed by atoms with E-state index in [1.54, 1.807) is 10.7 Å². The minimum atomic E-state index is -0.516. The van der Waals surface area contributed by atoms with Crippen LogP contribution in [0.15, 0.2) is 36.8 Å². The molecule has 0 amide bonds. The van der Waals surface area contributed by atoms with Gasteiger partial charge in [-0.25, -0.2) is 14.0 Å². The lowest BCUT2D eigenvalue weighted by Gasteiger charge is -2.35. The van der Waals surface area contributed by atoms with Crippen molar-refractivity contribution in [2.45, 2.75) is 50.7 Å². The molecule has 0 spiro atoms. The lowest BCUT2D eigenvalue weighted by Crippen LogP contribution is -2.38. The Morgan fingerprint density at radius 1 is 1.13 bits per heavy atom. The van der Waals surface area contributed by atoms with E-state index in [4.69, 9.17) is 9.97 Å². The summed E-state index contributed by atoms with van der Waals surface area (Å²) in [7, 11) is 1.86. The topological polar surface area (TPSA) is 105 Å². The predicted octanol–water partition coefficient (Wildman–Crippen LogP) is 2.98. The number of hydrogen-bond donors (Lipinski definition) is 3. The van der Waals surface area contributed by atoms with Crippen LogP contribution in [0.4, 0.5) is 11.8 Å². The van der Waals surface area contributed by atoms with Crippen LogP contribution in [0.5, 0.6) is 0 Å². The van der Waals surface area contributed by atoms with Crippen LogP contribution in [-0.2, 0) is 0 Å². The van der Waals surface area contributed by atoms with E-state index in [2.05, 4.69) is 20.8 Å². The van der Waals surface area contributed by atoms with Gasteiger partial charge in [0.15, 0.2) is 11.5 Å². The average Bonchev–Trinajstić information content (AvgIpc) is 3.41. The van der Waals surface area contributed by atoms with E-state index in [1.165, 1.54) is 0 Å². The van der Waals surface area contributed by atoms with Gasteiger partial charge in [0.2, 0.25) is 5.95 Å². The normalized spacial score (nSPS) is 21.9. The first-order valence-corrected chi connectivity index (χ1v) is 10.5. The van der Waals surface area contributed by atoms with Crippen molar-refractivity contribution < 1.29 is 5.11 Å². The Balaban J connectivity index is 1.46. The SMILES string of the molecule is CCC1(O)CCC(Nc2nc(NC)c3c(-c4ccn5nccc5n4)ccn3n2)CC1. The molecule has 4 heterocycles. The molecule has 1 aliphatic carbocycles. The molecule has 9 heteroatoms. The second kappa shape index (κ2) is 7.24. The molecule has 1 aliphatic rings. The molecule has 0 aromatic carbocycles. The van der Waals surface area contributed by atoms with Gasteiger partial charge >= 0.3 is 0 Å². The van der Waals surface area contributed by atoms with Crippen LogP contribution < -0.4 is 10.6 Å². The van der Waals surface area contributed by atoms with Gasteiger partial charge < -0.3 is 15.7 Å². The zero-order valence-corrected chi connectivity index (χ0v) is 17.2. The summed E-state index contributed by atoms with van der Waals surface area (Å²) in [6.45, 7) is 2.05. The van der Waals surface area contributed by atoms with E-state index < -0.39 is 5.60 Å². The summed E-state index contributed by atoms with van der Waals surface area (Å²) < 4.78 is 3.58. The van der Waals surface area contributed by atoms with Crippen molar-refractivity contribution in [3.63, 3.8) is 0 Å². The summed E-state index contributed by atoms with van der Waals surface area (Å²) >= 11 is 0. The third kappa shape index (κ3) is 3.24. The molecule has 0 aliphatic heterocycles. The summed E-state index contributed by atoms with van der Waals surface area (Å²) in [6.07, 6.45) is 9.79. The van der Waals surface area contributed by atoms with E-state index in [0.717, 1.165) is 60.3 Å². The van der Waals surface area contributed by atoms with E-state index >= 15 is 0 Å². The minimum absolute atomic E-state index is 0.264. The number of aliphatic hydroxyl groups is 1. The fourth-order valence-corrected chi connectivity index (χ4v) is 4.27. The quantitative estimate of drug-likeness (QED) is 0.468. The van der Waals surface area contributed by atoms with Crippen molar-refractivity contribution in [2.24, 2.45) is 0 Å². The van der Waals surface area contributed by atoms with E-state index in [1.807, 2.05) is 49.1 Å². The third-order valence-corrected chi connectivity index (χ3v) is 6.19. The summed E-state index contributed by atoms with van der Waals surface area (Å²) in [4.78, 5) is 9.42. The Morgan fingerprint density at radius 3 is 2.70 bits per heavy atom. The molecule has 1 saturated carbocycles. The second-order valence-corrected chi connectivity index (χ2v) is 8.00. The molecular weight excluding hydrogens is 380 g/mol. The summed E-state index contributed by atoms with van der Waals surface area (Å²) in [5, 5.41) is 26.0. The summed E-state index contributed by atoms with van der Waals surface area (Å²) in [5.41, 5.74) is 2.96. The number of anilines is 2. The van der Waals surface area contributed by atoms with Gasteiger partial charge in [0.1, 0.15) is 5.52 Å². The summed E-state index contributed by atoms with van der Waals surface area (Å²) in [5.74, 6) is 1.32. The molecule has 0 radical (unpaired) electrons. The predicted molar refractivity (Wildman–Crippen MR) is 116 cm³/mol. The zero-order chi connectivity index (χ0) is 20.7. The van der Waals surface area contributed by atoms with Crippen LogP contribution in [0.3, 0.4) is 0 Å². The maximum Gasteiger partial charge on any atom is 0.243 e. The monoisotopic (exact) mass is 406 g/mol. The number of fused-ring (bicyclic) bond motifs is 2. The maximum absolute atomic E-state index is 10.5. The number of hydrogen-bond acceptors (Lipinski definition) is 7. The Hall–Kier alpha value is -3.20. The van der Waals surface area contributed by atoms with Crippen LogP contribution in [0.25, 0.3) is 22.4 Å². The number of nitrogens with zero attached hydrogens (tertiary/aromatic N) is 6. The highest BCUT2D eigenvalue weighted by Crippen LogP contribution is 2.33. The fourth-order valence-electron chi connectivity index (χ4n) is 4.27. The first-order chi connectivity index (χ1) is 14.6. The van der Waals surface area contributed by atoms with Gasteiger partial charge in [0.05, 0.1) is 17.5 Å². The van der Waals surface area contributed by atoms with E-state index in [0.29, 0.717) is 5.95 Å². The molecule has 5 rings (SSSR count). The lowest BCUT2D eigenvalue weighted by molar-refractivity contribution is -0.00198. The van der Waals surface area contributed by atoms with Crippen molar-refractivity contribution in [1.29, 1.82) is 0 Å². The van der Waals surface area contributed by atoms with Crippen molar-refractivity contribution in [3.8, 4) is 11.3 Å². The standard InChI is InChI=1S/C21H26N8O/c1-3-21(30)9-4-14(5-10-21)24-20-26-19(22-2)18-15(7-12-29(18)27-20)16-8-13-28-17(25-16)6-11-23-28/h6-8,11-14,30H,3-5,9-10H2,1-2H3,(H2,22,24,26,27). The minimum Gasteiger partial charge on any atom is -0.390 e. The van der Waals surface area contributed by atoms with Crippen LogP contribution in [0, 0.1) is 0 Å². The largest absolute Gasteiger partial charge is 0.390 e. The van der Waals surface area contributed by atoms with Gasteiger partial charge in [-0.3, -0.25) is 0 Å². The van der Waals surface area contributed by atoms with Gasteiger partial charge in [0.25, 0.3) is 0 Å².